The van der Waals surface area contributed by atoms with E-state index in [9.17, 15) is 26.4 Å². The smallest absolute Gasteiger partial charge is 0.314 e. The number of amides is 4. The predicted molar refractivity (Wildman–Crippen MR) is 289 cm³/mol. The van der Waals surface area contributed by atoms with E-state index >= 15 is 0 Å². The second kappa shape index (κ2) is 27.6. The van der Waals surface area contributed by atoms with Crippen LogP contribution in [0.3, 0.4) is 0 Å². The van der Waals surface area contributed by atoms with Crippen LogP contribution >= 0.6 is 46.4 Å². The van der Waals surface area contributed by atoms with E-state index in [1.54, 1.807) is 60.7 Å². The van der Waals surface area contributed by atoms with E-state index in [4.69, 9.17) is 74.8 Å². The van der Waals surface area contributed by atoms with Gasteiger partial charge in [0.2, 0.25) is 20.0 Å². The summed E-state index contributed by atoms with van der Waals surface area (Å²) in [7, 11) is -7.44. The van der Waals surface area contributed by atoms with Crippen LogP contribution in [0.5, 0.6) is 11.5 Å². The lowest BCUT2D eigenvalue weighted by Crippen LogP contribution is -2.39. The molecule has 0 aromatic heterocycles. The van der Waals surface area contributed by atoms with E-state index in [-0.39, 0.29) is 85.8 Å². The van der Waals surface area contributed by atoms with Crippen molar-refractivity contribution in [3.8, 4) is 11.5 Å². The largest absolute Gasteiger partial charge is 0.486 e. The molecule has 0 saturated carbocycles. The minimum atomic E-state index is -3.72. The van der Waals surface area contributed by atoms with Crippen molar-refractivity contribution in [3.63, 3.8) is 0 Å². The molecule has 2 aliphatic heterocycles. The van der Waals surface area contributed by atoms with E-state index < -0.39 is 20.0 Å². The maximum absolute atomic E-state index is 13.4. The van der Waals surface area contributed by atoms with Crippen LogP contribution in [-0.4, -0.2) is 142 Å². The first-order chi connectivity index (χ1) is 36.6. The minimum absolute atomic E-state index is 0.182. The van der Waals surface area contributed by atoms with Gasteiger partial charge in [0.1, 0.15) is 23.7 Å². The predicted octanol–water partition coefficient (Wildman–Crippen LogP) is 8.10. The molecule has 2 fully saturated rings. The highest BCUT2D eigenvalue weighted by atomic mass is 35.5. The number of carbonyl (C=O) groups is 2. The van der Waals surface area contributed by atoms with E-state index in [1.807, 2.05) is 12.1 Å². The maximum Gasteiger partial charge on any atom is 0.314 e. The third-order valence-corrected chi connectivity index (χ3v) is 18.4. The molecule has 24 heteroatoms. The Kier molecular flexibility index (Phi) is 21.1. The molecule has 2 heterocycles. The number of hydrogen-bond donors (Lipinski definition) is 4. The summed E-state index contributed by atoms with van der Waals surface area (Å²) in [6.45, 7) is 4.34. The van der Waals surface area contributed by atoms with Crippen LogP contribution in [0.1, 0.15) is 73.0 Å². The summed E-state index contributed by atoms with van der Waals surface area (Å²) in [5.74, 6) is 1.12. The molecule has 4 aliphatic rings. The highest BCUT2D eigenvalue weighted by molar-refractivity contribution is 7.89. The third kappa shape index (κ3) is 15.8. The zero-order valence-corrected chi connectivity index (χ0v) is 46.6. The number of hydrogen-bond acceptors (Lipinski definition) is 12. The number of benzene rings is 4. The molecular weight excluding hydrogens is 1110 g/mol. The number of rotatable bonds is 27. The molecule has 4 N–H and O–H groups in total. The zero-order valence-electron chi connectivity index (χ0n) is 41.9. The number of fused-ring (bicyclic) bond motifs is 2. The average molecular weight is 1170 g/mol. The van der Waals surface area contributed by atoms with Crippen molar-refractivity contribution in [2.75, 3.05) is 92.0 Å². The van der Waals surface area contributed by atoms with Crippen molar-refractivity contribution < 1.29 is 54.8 Å². The molecular formula is C52H64Cl4N6O12S2. The Morgan fingerprint density at radius 3 is 1.32 bits per heavy atom. The maximum atomic E-state index is 13.4. The molecule has 2 saturated heterocycles. The van der Waals surface area contributed by atoms with Crippen molar-refractivity contribution in [2.45, 2.75) is 85.6 Å². The SMILES string of the molecule is O=C(NCCCCNC(=O)NCCOCCO[C@H]1CCN(S(=O)(=O)c2ccc(O[C@@H]3CCc4c(Cl)cc(Cl)cc43)cc2)C1)NCCOCCO[C@H]1CCN(S(=O)(=O)c2ccc(O[C@@H]3CCc4c(Cl)cc(Cl)cc43)cc2)C1. The minimum Gasteiger partial charge on any atom is -0.486 e. The molecule has 0 spiro atoms. The van der Waals surface area contributed by atoms with Gasteiger partial charge in [-0.05, 0) is 146 Å². The monoisotopic (exact) mass is 1170 g/mol. The van der Waals surface area contributed by atoms with E-state index in [0.717, 1.165) is 47.9 Å². The highest BCUT2D eigenvalue weighted by Crippen LogP contribution is 2.42. The van der Waals surface area contributed by atoms with Crippen LogP contribution < -0.4 is 30.7 Å². The van der Waals surface area contributed by atoms with Crippen molar-refractivity contribution in [1.82, 2.24) is 29.9 Å². The summed E-state index contributed by atoms with van der Waals surface area (Å²) >= 11 is 25.2. The summed E-state index contributed by atoms with van der Waals surface area (Å²) < 4.78 is 91.7. The Morgan fingerprint density at radius 1 is 0.513 bits per heavy atom. The van der Waals surface area contributed by atoms with Crippen LogP contribution in [0.25, 0.3) is 0 Å². The number of nitrogens with one attached hydrogen (secondary N) is 4. The van der Waals surface area contributed by atoms with E-state index in [2.05, 4.69) is 21.3 Å². The lowest BCUT2D eigenvalue weighted by atomic mass is 10.1. The second-order valence-corrected chi connectivity index (χ2v) is 24.3. The van der Waals surface area contributed by atoms with Crippen LogP contribution in [0, 0.1) is 0 Å². The molecule has 76 heavy (non-hydrogen) atoms. The van der Waals surface area contributed by atoms with Crippen molar-refractivity contribution in [2.24, 2.45) is 0 Å². The first-order valence-electron chi connectivity index (χ1n) is 25.6. The van der Waals surface area contributed by atoms with Crippen LogP contribution in [0.2, 0.25) is 20.1 Å². The topological polar surface area (TPSA) is 212 Å². The number of urea groups is 2. The molecule has 0 unspecified atom stereocenters. The number of sulfonamides is 2. The van der Waals surface area contributed by atoms with Crippen LogP contribution in [-0.2, 0) is 51.8 Å². The highest BCUT2D eigenvalue weighted by Gasteiger charge is 2.35. The normalized spacial score (nSPS) is 19.6. The van der Waals surface area contributed by atoms with Gasteiger partial charge >= 0.3 is 12.1 Å². The Hall–Kier alpha value is -4.16. The number of unbranched alkanes of at least 4 members (excludes halogenated alkanes) is 1. The van der Waals surface area contributed by atoms with Gasteiger partial charge in [0.05, 0.1) is 61.6 Å². The molecule has 0 bridgehead atoms. The van der Waals surface area contributed by atoms with Crippen molar-refractivity contribution >= 4 is 78.5 Å². The molecule has 4 aromatic rings. The molecule has 414 valence electrons. The summed E-state index contributed by atoms with van der Waals surface area (Å²) in [4.78, 5) is 24.7. The average Bonchev–Trinajstić information content (AvgIpc) is 4.24. The van der Waals surface area contributed by atoms with Gasteiger partial charge in [-0.3, -0.25) is 0 Å². The van der Waals surface area contributed by atoms with Crippen LogP contribution in [0.4, 0.5) is 9.59 Å². The fourth-order valence-electron chi connectivity index (χ4n) is 9.57. The third-order valence-electron chi connectivity index (χ3n) is 13.5. The summed E-state index contributed by atoms with van der Waals surface area (Å²) in [6, 6.07) is 19.4. The van der Waals surface area contributed by atoms with Gasteiger partial charge in [0.25, 0.3) is 0 Å². The zero-order chi connectivity index (χ0) is 53.7. The molecule has 4 amide bonds. The number of nitrogens with zero attached hydrogens (tertiary/aromatic N) is 2. The molecule has 18 nitrogen and oxygen atoms in total. The summed E-state index contributed by atoms with van der Waals surface area (Å²) in [5.41, 5.74) is 3.96. The van der Waals surface area contributed by atoms with Crippen molar-refractivity contribution in [3.05, 3.63) is 115 Å². The van der Waals surface area contributed by atoms with Gasteiger partial charge in [-0.15, -0.1) is 0 Å². The van der Waals surface area contributed by atoms with Gasteiger partial charge in [0.15, 0.2) is 0 Å². The van der Waals surface area contributed by atoms with Gasteiger partial charge < -0.3 is 49.7 Å². The second-order valence-electron chi connectivity index (χ2n) is 18.7. The Morgan fingerprint density at radius 2 is 0.908 bits per heavy atom. The Bertz CT molecular complexity index is 2650. The first kappa shape index (κ1) is 58.0. The molecule has 0 radical (unpaired) electrons. The lowest BCUT2D eigenvalue weighted by molar-refractivity contribution is 0.0123. The molecule has 4 aromatic carbocycles. The van der Waals surface area contributed by atoms with Crippen molar-refractivity contribution in [1.29, 1.82) is 0 Å². The number of carbonyl (C=O) groups excluding carboxylic acids is 2. The van der Waals surface area contributed by atoms with Gasteiger partial charge in [-0.2, -0.15) is 8.61 Å². The fraction of sp³-hybridized carbons (Fsp3) is 0.500. The summed E-state index contributed by atoms with van der Waals surface area (Å²) in [6.07, 6.45) is 4.58. The van der Waals surface area contributed by atoms with Gasteiger partial charge in [0, 0.05) is 72.4 Å². The van der Waals surface area contributed by atoms with E-state index in [1.165, 1.54) is 8.61 Å². The van der Waals surface area contributed by atoms with E-state index in [0.29, 0.717) is 110 Å². The summed E-state index contributed by atoms with van der Waals surface area (Å²) in [5, 5.41) is 13.4. The lowest BCUT2D eigenvalue weighted by Gasteiger charge is -2.18. The quantitative estimate of drug-likeness (QED) is 0.0417. The molecule has 2 aliphatic carbocycles. The number of ether oxygens (including phenoxy) is 6. The van der Waals surface area contributed by atoms with Gasteiger partial charge in [-0.1, -0.05) is 46.4 Å². The van der Waals surface area contributed by atoms with Crippen LogP contribution in [0.15, 0.2) is 82.6 Å². The fourth-order valence-corrected chi connectivity index (χ4v) is 13.8. The Labute approximate surface area is 464 Å². The first-order valence-corrected chi connectivity index (χ1v) is 29.9. The van der Waals surface area contributed by atoms with Gasteiger partial charge in [-0.25, -0.2) is 26.4 Å². The molecule has 4 atom stereocenters. The molecule has 8 rings (SSSR count). The Balaban J connectivity index is 0.581. The standard InChI is InChI=1S/C52H64Cl4N6O12S2/c53-35-29-45-43(47(55)31-35)11-13-49(45)73-37-3-7-41(8-4-37)75(65,66)61-21-15-39(33-61)71-27-25-69-23-19-59-51(63)57-17-1-2-18-58-52(64)60-20-24-70-26-28-72-40-16-22-62(34-40)76(67,68)42-9-5-38(6-10-42)74-50-14-12-44-46(50)30-36(54)32-48(44)56/h3-10,29-32,39-40,49-50H,1-2,11-28,33-34H2,(H2,57,59,63)(H2,58,60,64)/t39-,40-,49+,50+/m0/s1. The number of halogens is 4.